The van der Waals surface area contributed by atoms with Gasteiger partial charge in [0.1, 0.15) is 0 Å². The number of hydrogen-bond acceptors (Lipinski definition) is 4. The molecular weight excluding hydrogens is 352 g/mol. The average Bonchev–Trinajstić information content (AvgIpc) is 3.01. The highest BCUT2D eigenvalue weighted by atomic mass is 32.2. The molecule has 1 aliphatic heterocycles. The minimum absolute atomic E-state index is 0.149. The molecule has 7 nitrogen and oxygen atoms in total. The molecule has 8 heteroatoms. The van der Waals surface area contributed by atoms with E-state index in [9.17, 15) is 13.2 Å². The zero-order valence-electron chi connectivity index (χ0n) is 15.3. The highest BCUT2D eigenvalue weighted by Crippen LogP contribution is 2.17. The van der Waals surface area contributed by atoms with Gasteiger partial charge in [0.15, 0.2) is 0 Å². The van der Waals surface area contributed by atoms with E-state index in [0.717, 1.165) is 11.4 Å². The second kappa shape index (κ2) is 7.20. The Morgan fingerprint density at radius 3 is 2.54 bits per heavy atom. The third-order valence-corrected chi connectivity index (χ3v) is 5.80. The van der Waals surface area contributed by atoms with Crippen molar-refractivity contribution in [2.24, 2.45) is 0 Å². The van der Waals surface area contributed by atoms with Gasteiger partial charge in [-0.15, -0.1) is 0 Å². The van der Waals surface area contributed by atoms with E-state index < -0.39 is 10.0 Å². The van der Waals surface area contributed by atoms with Crippen molar-refractivity contribution in [1.29, 1.82) is 0 Å². The maximum atomic E-state index is 12.3. The number of amides is 1. The van der Waals surface area contributed by atoms with Gasteiger partial charge in [0.2, 0.25) is 10.0 Å². The minimum atomic E-state index is -3.21. The molecule has 1 aromatic heterocycles. The molecule has 0 unspecified atom stereocenters. The fourth-order valence-electron chi connectivity index (χ4n) is 2.96. The van der Waals surface area contributed by atoms with E-state index >= 15 is 0 Å². The monoisotopic (exact) mass is 376 g/mol. The van der Waals surface area contributed by atoms with Crippen LogP contribution in [-0.2, 0) is 29.7 Å². The summed E-state index contributed by atoms with van der Waals surface area (Å²) in [5, 5.41) is 7.32. The molecule has 0 spiro atoms. The van der Waals surface area contributed by atoms with Crippen molar-refractivity contribution in [3.8, 4) is 0 Å². The van der Waals surface area contributed by atoms with E-state index in [0.29, 0.717) is 37.7 Å². The largest absolute Gasteiger partial charge is 0.346 e. The normalized spacial score (nSPS) is 15.1. The van der Waals surface area contributed by atoms with Gasteiger partial charge in [0, 0.05) is 12.1 Å². The molecule has 1 amide bonds. The number of hydrogen-bond donors (Lipinski definition) is 1. The van der Waals surface area contributed by atoms with Crippen molar-refractivity contribution in [2.45, 2.75) is 39.4 Å². The smallest absolute Gasteiger partial charge is 0.251 e. The first-order valence-corrected chi connectivity index (χ1v) is 10.5. The van der Waals surface area contributed by atoms with Crippen LogP contribution in [0.4, 0.5) is 0 Å². The first-order valence-electron chi connectivity index (χ1n) is 8.63. The van der Waals surface area contributed by atoms with Crippen LogP contribution >= 0.6 is 0 Å². The molecule has 2 heterocycles. The second-order valence-electron chi connectivity index (χ2n) is 6.91. The molecule has 0 bridgehead atoms. The Kier molecular flexibility index (Phi) is 5.15. The fraction of sp³-hybridized carbons (Fsp3) is 0.444. The summed E-state index contributed by atoms with van der Waals surface area (Å²) in [4.78, 5) is 12.3. The Morgan fingerprint density at radius 1 is 1.23 bits per heavy atom. The number of sulfonamides is 1. The Hall–Kier alpha value is -2.19. The number of fused-ring (bicyclic) bond motifs is 1. The number of nitrogens with zero attached hydrogens (tertiary/aromatic N) is 3. The highest BCUT2D eigenvalue weighted by Gasteiger charge is 2.24. The average molecular weight is 376 g/mol. The molecule has 140 valence electrons. The van der Waals surface area contributed by atoms with Crippen LogP contribution < -0.4 is 5.32 Å². The van der Waals surface area contributed by atoms with Crippen LogP contribution in [0.3, 0.4) is 0 Å². The van der Waals surface area contributed by atoms with E-state index in [4.69, 9.17) is 0 Å². The molecular formula is C18H24N4O3S. The van der Waals surface area contributed by atoms with Gasteiger partial charge >= 0.3 is 0 Å². The lowest BCUT2D eigenvalue weighted by atomic mass is 10.0. The number of aromatic nitrogens is 2. The van der Waals surface area contributed by atoms with Crippen LogP contribution in [0.5, 0.6) is 0 Å². The van der Waals surface area contributed by atoms with E-state index in [-0.39, 0.29) is 5.91 Å². The summed E-state index contributed by atoms with van der Waals surface area (Å²) in [5.74, 6) is 0.277. The SMILES string of the molecule is CC(C)c1ccc(C(=O)NCc2cc3n(n2)CCN(S(C)(=O)=O)C3)cc1. The minimum Gasteiger partial charge on any atom is -0.346 e. The van der Waals surface area contributed by atoms with Crippen LogP contribution in [0.15, 0.2) is 30.3 Å². The van der Waals surface area contributed by atoms with Gasteiger partial charge in [-0.2, -0.15) is 9.40 Å². The molecule has 1 aromatic carbocycles. The summed E-state index contributed by atoms with van der Waals surface area (Å²) >= 11 is 0. The van der Waals surface area contributed by atoms with Gasteiger partial charge in [-0.3, -0.25) is 9.48 Å². The molecule has 0 radical (unpaired) electrons. The molecule has 2 aromatic rings. The van der Waals surface area contributed by atoms with Crippen LogP contribution in [0.1, 0.15) is 47.1 Å². The van der Waals surface area contributed by atoms with E-state index in [1.165, 1.54) is 16.1 Å². The van der Waals surface area contributed by atoms with Crippen LogP contribution in [0.2, 0.25) is 0 Å². The van der Waals surface area contributed by atoms with Crippen molar-refractivity contribution in [3.63, 3.8) is 0 Å². The molecule has 0 saturated heterocycles. The maximum Gasteiger partial charge on any atom is 0.251 e. The van der Waals surface area contributed by atoms with Gasteiger partial charge in [-0.25, -0.2) is 8.42 Å². The predicted molar refractivity (Wildman–Crippen MR) is 99.2 cm³/mol. The zero-order chi connectivity index (χ0) is 18.9. The summed E-state index contributed by atoms with van der Waals surface area (Å²) in [6.45, 7) is 5.79. The molecule has 26 heavy (non-hydrogen) atoms. The third-order valence-electron chi connectivity index (χ3n) is 4.55. The Labute approximate surface area is 154 Å². The van der Waals surface area contributed by atoms with Crippen LogP contribution in [0.25, 0.3) is 0 Å². The summed E-state index contributed by atoms with van der Waals surface area (Å²) in [5.41, 5.74) is 3.37. The molecule has 1 N–H and O–H groups in total. The lowest BCUT2D eigenvalue weighted by molar-refractivity contribution is 0.0950. The van der Waals surface area contributed by atoms with Crippen molar-refractivity contribution < 1.29 is 13.2 Å². The van der Waals surface area contributed by atoms with Gasteiger partial charge in [-0.05, 0) is 29.7 Å². The maximum absolute atomic E-state index is 12.3. The van der Waals surface area contributed by atoms with Gasteiger partial charge < -0.3 is 5.32 Å². The quantitative estimate of drug-likeness (QED) is 0.861. The molecule has 0 saturated carbocycles. The molecule has 0 fully saturated rings. The van der Waals surface area contributed by atoms with E-state index in [1.54, 1.807) is 4.68 Å². The summed E-state index contributed by atoms with van der Waals surface area (Å²) in [6.07, 6.45) is 1.21. The fourth-order valence-corrected chi connectivity index (χ4v) is 3.74. The van der Waals surface area contributed by atoms with Gasteiger partial charge in [-0.1, -0.05) is 26.0 Å². The van der Waals surface area contributed by atoms with Gasteiger partial charge in [0.05, 0.1) is 37.3 Å². The Balaban J connectivity index is 1.62. The number of benzene rings is 1. The van der Waals surface area contributed by atoms with Crippen molar-refractivity contribution in [3.05, 3.63) is 52.8 Å². The number of carbonyl (C=O) groups is 1. The zero-order valence-corrected chi connectivity index (χ0v) is 16.1. The first-order chi connectivity index (χ1) is 12.2. The Morgan fingerprint density at radius 2 is 1.92 bits per heavy atom. The lowest BCUT2D eigenvalue weighted by Crippen LogP contribution is -2.37. The third kappa shape index (κ3) is 4.13. The lowest BCUT2D eigenvalue weighted by Gasteiger charge is -2.25. The topological polar surface area (TPSA) is 84.3 Å². The standard InChI is InChI=1S/C18H24N4O3S/c1-13(2)14-4-6-15(7-5-14)18(23)19-11-16-10-17-12-21(26(3,24)25)8-9-22(17)20-16/h4-7,10,13H,8-9,11-12H2,1-3H3,(H,19,23). The van der Waals surface area contributed by atoms with Crippen molar-refractivity contribution >= 4 is 15.9 Å². The molecule has 3 rings (SSSR count). The number of nitrogens with one attached hydrogen (secondary N) is 1. The summed E-state index contributed by atoms with van der Waals surface area (Å²) in [7, 11) is -3.21. The molecule has 1 aliphatic rings. The second-order valence-corrected chi connectivity index (χ2v) is 8.89. The first kappa shape index (κ1) is 18.6. The van der Waals surface area contributed by atoms with E-state index in [2.05, 4.69) is 24.3 Å². The molecule has 0 atom stereocenters. The molecule has 0 aliphatic carbocycles. The Bertz CT molecular complexity index is 901. The number of rotatable bonds is 5. The van der Waals surface area contributed by atoms with E-state index in [1.807, 2.05) is 30.3 Å². The predicted octanol–water partition coefficient (Wildman–Crippen LogP) is 1.71. The highest BCUT2D eigenvalue weighted by molar-refractivity contribution is 7.88. The number of carbonyl (C=O) groups excluding carboxylic acids is 1. The van der Waals surface area contributed by atoms with Crippen LogP contribution in [-0.4, -0.2) is 41.2 Å². The van der Waals surface area contributed by atoms with Crippen molar-refractivity contribution in [2.75, 3.05) is 12.8 Å². The van der Waals surface area contributed by atoms with Crippen molar-refractivity contribution in [1.82, 2.24) is 19.4 Å². The van der Waals surface area contributed by atoms with Gasteiger partial charge in [0.25, 0.3) is 5.91 Å². The van der Waals surface area contributed by atoms with Crippen LogP contribution in [0, 0.1) is 0 Å². The summed E-state index contributed by atoms with van der Waals surface area (Å²) in [6, 6.07) is 9.43. The summed E-state index contributed by atoms with van der Waals surface area (Å²) < 4.78 is 26.6.